The fourth-order valence-corrected chi connectivity index (χ4v) is 1.02. The fourth-order valence-electron chi connectivity index (χ4n) is 1.02. The van der Waals surface area contributed by atoms with Crippen LogP contribution in [0.25, 0.3) is 0 Å². The highest BCUT2D eigenvalue weighted by Gasteiger charge is 2.17. The van der Waals surface area contributed by atoms with Crippen LogP contribution in [0.1, 0.15) is 6.42 Å². The highest BCUT2D eigenvalue weighted by molar-refractivity contribution is 6.46. The van der Waals surface area contributed by atoms with Crippen LogP contribution in [0.5, 0.6) is 0 Å². The first-order valence-electron chi connectivity index (χ1n) is 3.96. The molecule has 0 aliphatic heterocycles. The molecule has 15 heavy (non-hydrogen) atoms. The Balaban J connectivity index is 0.00000196. The third-order valence-corrected chi connectivity index (χ3v) is 1.78. The molecule has 0 aromatic rings. The largest absolute Gasteiger partial charge is 0.480 e. The monoisotopic (exact) mass is 231 g/mol. The summed E-state index contributed by atoms with van der Waals surface area (Å²) in [6, 6.07) is -1.05. The molecule has 0 heterocycles. The number of halogens is 1. The molecule has 6 heteroatoms. The van der Waals surface area contributed by atoms with Gasteiger partial charge in [-0.15, -0.1) is 12.4 Å². The van der Waals surface area contributed by atoms with Crippen molar-refractivity contribution in [3.8, 4) is 0 Å². The van der Waals surface area contributed by atoms with Crippen LogP contribution < -0.4 is 5.73 Å². The second-order valence-electron chi connectivity index (χ2n) is 2.93. The van der Waals surface area contributed by atoms with Gasteiger partial charge in [0.15, 0.2) is 0 Å². The Kier molecular flexibility index (Phi) is 4.90. The van der Waals surface area contributed by atoms with E-state index in [0.29, 0.717) is 5.57 Å². The number of hydrogen-bond donors (Lipinski definition) is 2. The van der Waals surface area contributed by atoms with Gasteiger partial charge in [0.2, 0.25) is 11.6 Å². The van der Waals surface area contributed by atoms with E-state index in [9.17, 15) is 14.4 Å². The summed E-state index contributed by atoms with van der Waals surface area (Å²) < 4.78 is 0. The van der Waals surface area contributed by atoms with E-state index >= 15 is 0 Å². The topological polar surface area (TPSA) is 97.5 Å². The van der Waals surface area contributed by atoms with Gasteiger partial charge in [0.05, 0.1) is 0 Å². The number of ketones is 2. The molecule has 0 saturated carbocycles. The van der Waals surface area contributed by atoms with Crippen LogP contribution in [0.2, 0.25) is 0 Å². The third-order valence-electron chi connectivity index (χ3n) is 1.78. The minimum atomic E-state index is -1.14. The smallest absolute Gasteiger partial charge is 0.320 e. The van der Waals surface area contributed by atoms with E-state index in [1.165, 1.54) is 6.08 Å². The minimum Gasteiger partial charge on any atom is -0.480 e. The number of allylic oxidation sites excluding steroid dienone is 3. The number of rotatable bonds is 3. The number of carboxylic acids is 1. The summed E-state index contributed by atoms with van der Waals surface area (Å²) in [4.78, 5) is 32.0. The van der Waals surface area contributed by atoms with E-state index in [1.54, 1.807) is 0 Å². The van der Waals surface area contributed by atoms with E-state index in [2.05, 4.69) is 0 Å². The summed E-state index contributed by atoms with van der Waals surface area (Å²) in [6.07, 6.45) is 3.69. The zero-order valence-corrected chi connectivity index (χ0v) is 8.49. The minimum absolute atomic E-state index is 0. The highest BCUT2D eigenvalue weighted by atomic mass is 35.5. The Labute approximate surface area is 92.0 Å². The van der Waals surface area contributed by atoms with Crippen LogP contribution in [0.4, 0.5) is 0 Å². The van der Waals surface area contributed by atoms with Crippen molar-refractivity contribution in [3.05, 3.63) is 23.8 Å². The van der Waals surface area contributed by atoms with Crippen LogP contribution in [0.3, 0.4) is 0 Å². The van der Waals surface area contributed by atoms with Gasteiger partial charge >= 0.3 is 5.97 Å². The van der Waals surface area contributed by atoms with E-state index in [4.69, 9.17) is 10.8 Å². The maximum absolute atomic E-state index is 10.9. The van der Waals surface area contributed by atoms with E-state index < -0.39 is 23.6 Å². The van der Waals surface area contributed by atoms with Crippen LogP contribution >= 0.6 is 12.4 Å². The fraction of sp³-hybridized carbons (Fsp3) is 0.222. The van der Waals surface area contributed by atoms with Crippen LogP contribution in [-0.4, -0.2) is 28.7 Å². The van der Waals surface area contributed by atoms with Crippen molar-refractivity contribution in [2.45, 2.75) is 12.5 Å². The molecule has 0 saturated heterocycles. The molecule has 1 aliphatic carbocycles. The quantitative estimate of drug-likeness (QED) is 0.520. The molecule has 0 aromatic carbocycles. The molecule has 0 aromatic heterocycles. The number of carbonyl (C=O) groups excluding carboxylic acids is 2. The summed E-state index contributed by atoms with van der Waals surface area (Å²) in [5, 5.41) is 8.50. The van der Waals surface area contributed by atoms with Gasteiger partial charge in [0.1, 0.15) is 6.04 Å². The summed E-state index contributed by atoms with van der Waals surface area (Å²) in [6.45, 7) is 0. The van der Waals surface area contributed by atoms with Crippen molar-refractivity contribution in [2.75, 3.05) is 0 Å². The molecular formula is C9H10ClNO4. The molecule has 1 unspecified atom stereocenters. The van der Waals surface area contributed by atoms with Crippen molar-refractivity contribution in [1.82, 2.24) is 0 Å². The predicted molar refractivity (Wildman–Crippen MR) is 54.7 cm³/mol. The molecule has 1 atom stereocenters. The van der Waals surface area contributed by atoms with Crippen LogP contribution in [0.15, 0.2) is 23.8 Å². The van der Waals surface area contributed by atoms with Crippen molar-refractivity contribution in [3.63, 3.8) is 0 Å². The number of aliphatic carboxylic acids is 1. The molecule has 0 amide bonds. The third kappa shape index (κ3) is 3.65. The standard InChI is InChI=1S/C9H9NO4.ClH/c10-6(9(13)14)3-5-1-2-7(11)8(12)4-5;/h1-2,4,6H,3,10H2,(H,13,14);1H. The Morgan fingerprint density at radius 3 is 2.40 bits per heavy atom. The SMILES string of the molecule is Cl.NC(CC1=CC(=O)C(=O)C=C1)C(=O)O. The lowest BCUT2D eigenvalue weighted by Crippen LogP contribution is -2.30. The van der Waals surface area contributed by atoms with Crippen molar-refractivity contribution < 1.29 is 19.5 Å². The van der Waals surface area contributed by atoms with Gasteiger partial charge in [-0.25, -0.2) is 0 Å². The predicted octanol–water partition coefficient (Wildman–Crippen LogP) is -0.155. The summed E-state index contributed by atoms with van der Waals surface area (Å²) in [5.41, 5.74) is 5.72. The molecule has 0 bridgehead atoms. The molecule has 82 valence electrons. The Hall–Kier alpha value is -1.46. The van der Waals surface area contributed by atoms with Crippen molar-refractivity contribution in [2.24, 2.45) is 5.73 Å². The maximum atomic E-state index is 10.9. The molecule has 1 rings (SSSR count). The van der Waals surface area contributed by atoms with Gasteiger partial charge in [-0.3, -0.25) is 14.4 Å². The van der Waals surface area contributed by atoms with Crippen molar-refractivity contribution >= 4 is 29.9 Å². The van der Waals surface area contributed by atoms with Gasteiger partial charge in [-0.1, -0.05) is 6.08 Å². The van der Waals surface area contributed by atoms with Crippen LogP contribution in [-0.2, 0) is 14.4 Å². The second-order valence-corrected chi connectivity index (χ2v) is 2.93. The Morgan fingerprint density at radius 2 is 1.93 bits per heavy atom. The number of hydrogen-bond acceptors (Lipinski definition) is 4. The maximum Gasteiger partial charge on any atom is 0.320 e. The van der Waals surface area contributed by atoms with E-state index in [0.717, 1.165) is 12.2 Å². The van der Waals surface area contributed by atoms with Gasteiger partial charge in [0.25, 0.3) is 0 Å². The highest BCUT2D eigenvalue weighted by Crippen LogP contribution is 2.10. The lowest BCUT2D eigenvalue weighted by Gasteiger charge is -2.08. The van der Waals surface area contributed by atoms with Gasteiger partial charge in [-0.05, 0) is 24.1 Å². The van der Waals surface area contributed by atoms with Gasteiger partial charge < -0.3 is 10.8 Å². The zero-order valence-electron chi connectivity index (χ0n) is 7.67. The summed E-state index contributed by atoms with van der Waals surface area (Å²) >= 11 is 0. The molecule has 0 fully saturated rings. The Morgan fingerprint density at radius 1 is 1.33 bits per heavy atom. The summed E-state index contributed by atoms with van der Waals surface area (Å²) in [7, 11) is 0. The van der Waals surface area contributed by atoms with E-state index in [1.807, 2.05) is 0 Å². The normalized spacial score (nSPS) is 16.7. The average molecular weight is 232 g/mol. The lowest BCUT2D eigenvalue weighted by atomic mass is 9.99. The molecule has 5 nitrogen and oxygen atoms in total. The first-order chi connectivity index (χ1) is 6.50. The number of carbonyl (C=O) groups is 3. The Bertz CT molecular complexity index is 359. The summed E-state index contributed by atoms with van der Waals surface area (Å²) in [5.74, 6) is -2.37. The van der Waals surface area contributed by atoms with Crippen LogP contribution in [0, 0.1) is 0 Å². The lowest BCUT2D eigenvalue weighted by molar-refractivity contribution is -0.138. The number of carboxylic acid groups (broad SMARTS) is 1. The second kappa shape index (κ2) is 5.43. The molecule has 3 N–H and O–H groups in total. The average Bonchev–Trinajstić information content (AvgIpc) is 2.11. The number of nitrogens with two attached hydrogens (primary N) is 1. The molecule has 1 aliphatic rings. The first kappa shape index (κ1) is 13.5. The van der Waals surface area contributed by atoms with E-state index in [-0.39, 0.29) is 18.8 Å². The molecular weight excluding hydrogens is 222 g/mol. The van der Waals surface area contributed by atoms with Gasteiger partial charge in [-0.2, -0.15) is 0 Å². The van der Waals surface area contributed by atoms with Crippen molar-refractivity contribution in [1.29, 1.82) is 0 Å². The zero-order chi connectivity index (χ0) is 10.7. The first-order valence-corrected chi connectivity index (χ1v) is 3.96. The molecule has 0 spiro atoms. The molecule has 0 radical (unpaired) electrons. The van der Waals surface area contributed by atoms with Gasteiger partial charge in [0, 0.05) is 0 Å².